The standard InChI is InChI=1S/C12H17N3O2/c16-11(8-9-4-1-2-5-9)14-15-12(17)10-6-3-7-13-10/h3,6-7,9,13H,1-2,4-5,8H2,(H,14,16)(H,15,17). The summed E-state index contributed by atoms with van der Waals surface area (Å²) in [6, 6.07) is 3.38. The molecule has 17 heavy (non-hydrogen) atoms. The molecule has 2 rings (SSSR count). The second-order valence-corrected chi connectivity index (χ2v) is 4.44. The fourth-order valence-electron chi connectivity index (χ4n) is 2.19. The quantitative estimate of drug-likeness (QED) is 0.692. The van der Waals surface area contributed by atoms with Crippen molar-refractivity contribution in [3.63, 3.8) is 0 Å². The maximum atomic E-state index is 11.5. The van der Waals surface area contributed by atoms with Crippen LogP contribution in [0.25, 0.3) is 0 Å². The molecule has 0 bridgehead atoms. The average Bonchev–Trinajstić information content (AvgIpc) is 2.97. The molecule has 1 aromatic rings. The van der Waals surface area contributed by atoms with Crippen molar-refractivity contribution in [3.8, 4) is 0 Å². The zero-order valence-corrected chi connectivity index (χ0v) is 9.66. The molecule has 2 amide bonds. The fraction of sp³-hybridized carbons (Fsp3) is 0.500. The van der Waals surface area contributed by atoms with Gasteiger partial charge in [-0.05, 0) is 30.9 Å². The van der Waals surface area contributed by atoms with Gasteiger partial charge in [0.25, 0.3) is 5.91 Å². The Labute approximate surface area is 99.9 Å². The third kappa shape index (κ3) is 3.34. The number of carbonyl (C=O) groups is 2. The SMILES string of the molecule is O=C(CC1CCCC1)NNC(=O)c1ccc[nH]1. The molecule has 1 aliphatic carbocycles. The molecule has 5 heteroatoms. The summed E-state index contributed by atoms with van der Waals surface area (Å²) in [7, 11) is 0. The zero-order chi connectivity index (χ0) is 12.1. The number of H-pyrrole nitrogens is 1. The summed E-state index contributed by atoms with van der Waals surface area (Å²) in [4.78, 5) is 25.8. The molecule has 3 N–H and O–H groups in total. The van der Waals surface area contributed by atoms with Crippen LogP contribution < -0.4 is 10.9 Å². The van der Waals surface area contributed by atoms with E-state index in [-0.39, 0.29) is 11.8 Å². The Morgan fingerprint density at radius 3 is 2.71 bits per heavy atom. The minimum atomic E-state index is -0.324. The van der Waals surface area contributed by atoms with Gasteiger partial charge in [0.05, 0.1) is 0 Å². The molecule has 1 heterocycles. The van der Waals surface area contributed by atoms with Crippen molar-refractivity contribution in [1.29, 1.82) is 0 Å². The minimum Gasteiger partial charge on any atom is -0.357 e. The number of nitrogens with one attached hydrogen (secondary N) is 3. The van der Waals surface area contributed by atoms with Crippen molar-refractivity contribution in [2.24, 2.45) is 5.92 Å². The lowest BCUT2D eigenvalue weighted by Crippen LogP contribution is -2.42. The van der Waals surface area contributed by atoms with Gasteiger partial charge in [-0.25, -0.2) is 0 Å². The van der Waals surface area contributed by atoms with E-state index in [1.165, 1.54) is 12.8 Å². The molecule has 0 radical (unpaired) electrons. The van der Waals surface area contributed by atoms with Crippen molar-refractivity contribution in [3.05, 3.63) is 24.0 Å². The van der Waals surface area contributed by atoms with E-state index >= 15 is 0 Å². The van der Waals surface area contributed by atoms with Gasteiger partial charge in [0.2, 0.25) is 5.91 Å². The Kier molecular flexibility index (Phi) is 3.80. The Bertz CT molecular complexity index is 380. The van der Waals surface area contributed by atoms with Crippen LogP contribution in [-0.2, 0) is 4.79 Å². The van der Waals surface area contributed by atoms with Gasteiger partial charge in [0.1, 0.15) is 5.69 Å². The van der Waals surface area contributed by atoms with Crippen molar-refractivity contribution < 1.29 is 9.59 Å². The van der Waals surface area contributed by atoms with Crippen molar-refractivity contribution in [1.82, 2.24) is 15.8 Å². The second kappa shape index (κ2) is 5.52. The molecule has 0 spiro atoms. The number of rotatable bonds is 3. The molecular formula is C12H17N3O2. The molecule has 0 atom stereocenters. The minimum absolute atomic E-state index is 0.114. The van der Waals surface area contributed by atoms with E-state index in [9.17, 15) is 9.59 Å². The summed E-state index contributed by atoms with van der Waals surface area (Å²) in [6.45, 7) is 0. The predicted molar refractivity (Wildman–Crippen MR) is 63.0 cm³/mol. The topological polar surface area (TPSA) is 74.0 Å². The monoisotopic (exact) mass is 235 g/mol. The zero-order valence-electron chi connectivity index (χ0n) is 9.66. The van der Waals surface area contributed by atoms with Crippen LogP contribution >= 0.6 is 0 Å². The first kappa shape index (κ1) is 11.7. The van der Waals surface area contributed by atoms with Crippen LogP contribution in [0.15, 0.2) is 18.3 Å². The van der Waals surface area contributed by atoms with E-state index in [2.05, 4.69) is 15.8 Å². The third-order valence-corrected chi connectivity index (χ3v) is 3.11. The Hall–Kier alpha value is -1.78. The molecule has 1 aromatic heterocycles. The molecule has 0 aliphatic heterocycles. The smallest absolute Gasteiger partial charge is 0.286 e. The number of aromatic amines is 1. The lowest BCUT2D eigenvalue weighted by molar-refractivity contribution is -0.122. The summed E-state index contributed by atoms with van der Waals surface area (Å²) in [5, 5.41) is 0. The van der Waals surface area contributed by atoms with Crippen LogP contribution in [0, 0.1) is 5.92 Å². The van der Waals surface area contributed by atoms with Crippen LogP contribution in [0.5, 0.6) is 0 Å². The summed E-state index contributed by atoms with van der Waals surface area (Å²) in [5.41, 5.74) is 5.26. The van der Waals surface area contributed by atoms with Crippen LogP contribution in [-0.4, -0.2) is 16.8 Å². The van der Waals surface area contributed by atoms with E-state index in [0.717, 1.165) is 12.8 Å². The van der Waals surface area contributed by atoms with Gasteiger partial charge < -0.3 is 4.98 Å². The lowest BCUT2D eigenvalue weighted by atomic mass is 10.0. The molecule has 5 nitrogen and oxygen atoms in total. The largest absolute Gasteiger partial charge is 0.357 e. The van der Waals surface area contributed by atoms with Gasteiger partial charge in [-0.3, -0.25) is 20.4 Å². The predicted octanol–water partition coefficient (Wildman–Crippen LogP) is 1.36. The Morgan fingerprint density at radius 2 is 2.06 bits per heavy atom. The maximum absolute atomic E-state index is 11.5. The third-order valence-electron chi connectivity index (χ3n) is 3.11. The summed E-state index contributed by atoms with van der Waals surface area (Å²) < 4.78 is 0. The van der Waals surface area contributed by atoms with E-state index < -0.39 is 0 Å². The molecule has 0 aromatic carbocycles. The number of hydrazine groups is 1. The Morgan fingerprint density at radius 1 is 1.29 bits per heavy atom. The van der Waals surface area contributed by atoms with Gasteiger partial charge in [0.15, 0.2) is 0 Å². The highest BCUT2D eigenvalue weighted by Crippen LogP contribution is 2.27. The highest BCUT2D eigenvalue weighted by atomic mass is 16.2. The number of carbonyl (C=O) groups excluding carboxylic acids is 2. The second-order valence-electron chi connectivity index (χ2n) is 4.44. The van der Waals surface area contributed by atoms with E-state index in [1.807, 2.05) is 0 Å². The van der Waals surface area contributed by atoms with Gasteiger partial charge in [-0.15, -0.1) is 0 Å². The molecular weight excluding hydrogens is 218 g/mol. The molecule has 92 valence electrons. The van der Waals surface area contributed by atoms with Crippen molar-refractivity contribution >= 4 is 11.8 Å². The molecule has 1 aliphatic rings. The van der Waals surface area contributed by atoms with Crippen LogP contribution in [0.2, 0.25) is 0 Å². The highest BCUT2D eigenvalue weighted by molar-refractivity contribution is 5.93. The highest BCUT2D eigenvalue weighted by Gasteiger charge is 2.18. The summed E-state index contributed by atoms with van der Waals surface area (Å²) >= 11 is 0. The van der Waals surface area contributed by atoms with E-state index in [4.69, 9.17) is 0 Å². The first-order valence-electron chi connectivity index (χ1n) is 5.98. The molecule has 0 unspecified atom stereocenters. The van der Waals surface area contributed by atoms with Gasteiger partial charge in [0, 0.05) is 12.6 Å². The Balaban J connectivity index is 1.70. The van der Waals surface area contributed by atoms with Gasteiger partial charge >= 0.3 is 0 Å². The summed E-state index contributed by atoms with van der Waals surface area (Å²) in [6.07, 6.45) is 6.84. The van der Waals surface area contributed by atoms with Crippen LogP contribution in [0.3, 0.4) is 0 Å². The van der Waals surface area contributed by atoms with Crippen molar-refractivity contribution in [2.75, 3.05) is 0 Å². The molecule has 0 saturated heterocycles. The van der Waals surface area contributed by atoms with Gasteiger partial charge in [-0.1, -0.05) is 12.8 Å². The lowest BCUT2D eigenvalue weighted by Gasteiger charge is -2.09. The number of hydrogen-bond donors (Lipinski definition) is 3. The maximum Gasteiger partial charge on any atom is 0.286 e. The van der Waals surface area contributed by atoms with Crippen LogP contribution in [0.1, 0.15) is 42.6 Å². The first-order valence-corrected chi connectivity index (χ1v) is 5.98. The fourth-order valence-corrected chi connectivity index (χ4v) is 2.19. The van der Waals surface area contributed by atoms with E-state index in [0.29, 0.717) is 18.0 Å². The first-order chi connectivity index (χ1) is 8.25. The molecule has 1 saturated carbocycles. The normalized spacial score (nSPS) is 15.8. The average molecular weight is 235 g/mol. The van der Waals surface area contributed by atoms with Crippen LogP contribution in [0.4, 0.5) is 0 Å². The number of aromatic nitrogens is 1. The van der Waals surface area contributed by atoms with E-state index in [1.54, 1.807) is 18.3 Å². The number of amides is 2. The summed E-state index contributed by atoms with van der Waals surface area (Å²) in [5.74, 6) is 0.0453. The van der Waals surface area contributed by atoms with Gasteiger partial charge in [-0.2, -0.15) is 0 Å². The van der Waals surface area contributed by atoms with Crippen molar-refractivity contribution in [2.45, 2.75) is 32.1 Å². The number of hydrogen-bond acceptors (Lipinski definition) is 2. The molecule has 1 fully saturated rings.